The van der Waals surface area contributed by atoms with Gasteiger partial charge in [-0.15, -0.1) is 0 Å². The molecule has 0 aliphatic carbocycles. The maximum absolute atomic E-state index is 12.4. The third-order valence-electron chi connectivity index (χ3n) is 4.58. The highest BCUT2D eigenvalue weighted by Gasteiger charge is 2.24. The number of amides is 1. The molecule has 2 aliphatic heterocycles. The van der Waals surface area contributed by atoms with Gasteiger partial charge < -0.3 is 14.2 Å². The molecule has 0 atom stereocenters. The molecule has 2 fully saturated rings. The molecule has 2 aliphatic rings. The standard InChI is InChI=1S/C15H24ClN5O2/c1-18-13(16)10-17-14(18)11-19-2-4-21(5-3-19)15(22)12-20-6-8-23-9-7-20/h10H,2-9,11-12H2,1H3. The molecule has 0 radical (unpaired) electrons. The van der Waals surface area contributed by atoms with E-state index in [4.69, 9.17) is 16.3 Å². The summed E-state index contributed by atoms with van der Waals surface area (Å²) in [7, 11) is 1.92. The van der Waals surface area contributed by atoms with Crippen LogP contribution in [-0.2, 0) is 23.1 Å². The van der Waals surface area contributed by atoms with E-state index in [1.54, 1.807) is 6.20 Å². The molecule has 1 aromatic rings. The Labute approximate surface area is 141 Å². The molecule has 3 heterocycles. The van der Waals surface area contributed by atoms with Crippen LogP contribution in [0.5, 0.6) is 0 Å². The SMILES string of the molecule is Cn1c(Cl)cnc1CN1CCN(C(=O)CN2CCOCC2)CC1. The van der Waals surface area contributed by atoms with Crippen LogP contribution < -0.4 is 0 Å². The molecule has 0 spiro atoms. The molecule has 8 heteroatoms. The first-order valence-electron chi connectivity index (χ1n) is 8.10. The summed E-state index contributed by atoms with van der Waals surface area (Å²) in [4.78, 5) is 23.2. The van der Waals surface area contributed by atoms with Crippen LogP contribution in [0.1, 0.15) is 5.82 Å². The quantitative estimate of drug-likeness (QED) is 0.774. The molecule has 3 rings (SSSR count). The smallest absolute Gasteiger partial charge is 0.236 e. The molecule has 128 valence electrons. The predicted molar refractivity (Wildman–Crippen MR) is 87.3 cm³/mol. The number of aromatic nitrogens is 2. The number of piperazine rings is 1. The van der Waals surface area contributed by atoms with Crippen LogP contribution in [0, 0.1) is 0 Å². The zero-order valence-corrected chi connectivity index (χ0v) is 14.3. The van der Waals surface area contributed by atoms with Crippen LogP contribution in [0.4, 0.5) is 0 Å². The maximum Gasteiger partial charge on any atom is 0.236 e. The van der Waals surface area contributed by atoms with Gasteiger partial charge >= 0.3 is 0 Å². The Morgan fingerprint density at radius 1 is 1.17 bits per heavy atom. The van der Waals surface area contributed by atoms with E-state index >= 15 is 0 Å². The molecule has 0 saturated carbocycles. The van der Waals surface area contributed by atoms with E-state index in [0.717, 1.165) is 64.9 Å². The average Bonchev–Trinajstić information content (AvgIpc) is 2.88. The number of hydrogen-bond acceptors (Lipinski definition) is 5. The fourth-order valence-corrected chi connectivity index (χ4v) is 3.12. The first-order valence-corrected chi connectivity index (χ1v) is 8.47. The zero-order chi connectivity index (χ0) is 16.2. The van der Waals surface area contributed by atoms with Crippen LogP contribution in [0.2, 0.25) is 5.15 Å². The molecule has 0 N–H and O–H groups in total. The van der Waals surface area contributed by atoms with Crippen molar-refractivity contribution in [2.45, 2.75) is 6.54 Å². The van der Waals surface area contributed by atoms with Crippen LogP contribution in [-0.4, -0.2) is 89.2 Å². The van der Waals surface area contributed by atoms with Gasteiger partial charge in [0.1, 0.15) is 11.0 Å². The average molecular weight is 342 g/mol. The van der Waals surface area contributed by atoms with Crippen molar-refractivity contribution >= 4 is 17.5 Å². The van der Waals surface area contributed by atoms with E-state index in [9.17, 15) is 4.79 Å². The Morgan fingerprint density at radius 3 is 2.48 bits per heavy atom. The lowest BCUT2D eigenvalue weighted by Gasteiger charge is -2.36. The first-order chi connectivity index (χ1) is 11.1. The van der Waals surface area contributed by atoms with Gasteiger partial charge in [-0.1, -0.05) is 11.6 Å². The van der Waals surface area contributed by atoms with Gasteiger partial charge in [-0.3, -0.25) is 14.6 Å². The lowest BCUT2D eigenvalue weighted by molar-refractivity contribution is -0.135. The fourth-order valence-electron chi connectivity index (χ4n) is 2.98. The van der Waals surface area contributed by atoms with Crippen molar-refractivity contribution in [3.63, 3.8) is 0 Å². The van der Waals surface area contributed by atoms with E-state index in [0.29, 0.717) is 11.7 Å². The van der Waals surface area contributed by atoms with Crippen molar-refractivity contribution in [1.82, 2.24) is 24.3 Å². The molecule has 0 aromatic carbocycles. The summed E-state index contributed by atoms with van der Waals surface area (Å²) in [6, 6.07) is 0. The molecule has 2 saturated heterocycles. The Hall–Kier alpha value is -1.15. The van der Waals surface area contributed by atoms with E-state index in [1.807, 2.05) is 16.5 Å². The highest BCUT2D eigenvalue weighted by atomic mass is 35.5. The number of ether oxygens (including phenoxy) is 1. The Kier molecular flexibility index (Phi) is 5.53. The summed E-state index contributed by atoms with van der Waals surface area (Å²) in [5.74, 6) is 1.19. The molecule has 1 amide bonds. The summed E-state index contributed by atoms with van der Waals surface area (Å²) in [6.07, 6.45) is 1.68. The number of imidazole rings is 1. The number of hydrogen-bond donors (Lipinski definition) is 0. The molecule has 0 bridgehead atoms. The highest BCUT2D eigenvalue weighted by Crippen LogP contribution is 2.13. The minimum Gasteiger partial charge on any atom is -0.379 e. The van der Waals surface area contributed by atoms with Gasteiger partial charge in [0, 0.05) is 46.3 Å². The Balaban J connectivity index is 1.44. The van der Waals surface area contributed by atoms with Gasteiger partial charge in [-0.25, -0.2) is 4.98 Å². The lowest BCUT2D eigenvalue weighted by atomic mass is 10.3. The van der Waals surface area contributed by atoms with Crippen molar-refractivity contribution < 1.29 is 9.53 Å². The second-order valence-electron chi connectivity index (χ2n) is 6.10. The predicted octanol–water partition coefficient (Wildman–Crippen LogP) is 0.0499. The molecule has 0 unspecified atom stereocenters. The first kappa shape index (κ1) is 16.7. The van der Waals surface area contributed by atoms with Gasteiger partial charge in [-0.2, -0.15) is 0 Å². The zero-order valence-electron chi connectivity index (χ0n) is 13.6. The summed E-state index contributed by atoms with van der Waals surface area (Å²) >= 11 is 6.02. The molecular formula is C15H24ClN5O2. The number of morpholine rings is 1. The van der Waals surface area contributed by atoms with E-state index in [-0.39, 0.29) is 5.91 Å². The monoisotopic (exact) mass is 341 g/mol. The molecule has 1 aromatic heterocycles. The van der Waals surface area contributed by atoms with Gasteiger partial charge in [0.25, 0.3) is 0 Å². The molecular weight excluding hydrogens is 318 g/mol. The van der Waals surface area contributed by atoms with Crippen LogP contribution >= 0.6 is 11.6 Å². The van der Waals surface area contributed by atoms with Gasteiger partial charge in [0.05, 0.1) is 32.5 Å². The topological polar surface area (TPSA) is 53.8 Å². The Morgan fingerprint density at radius 2 is 1.87 bits per heavy atom. The normalized spacial score (nSPS) is 20.9. The second-order valence-corrected chi connectivity index (χ2v) is 6.49. The van der Waals surface area contributed by atoms with E-state index < -0.39 is 0 Å². The number of carbonyl (C=O) groups is 1. The number of carbonyl (C=O) groups excluding carboxylic acids is 1. The third kappa shape index (κ3) is 4.23. The van der Waals surface area contributed by atoms with Crippen LogP contribution in [0.15, 0.2) is 6.20 Å². The van der Waals surface area contributed by atoms with E-state index in [2.05, 4.69) is 14.8 Å². The van der Waals surface area contributed by atoms with Crippen molar-refractivity contribution in [2.75, 3.05) is 59.0 Å². The van der Waals surface area contributed by atoms with Crippen LogP contribution in [0.3, 0.4) is 0 Å². The number of nitrogens with zero attached hydrogens (tertiary/aromatic N) is 5. The minimum absolute atomic E-state index is 0.228. The Bertz CT molecular complexity index is 536. The minimum atomic E-state index is 0.228. The summed E-state index contributed by atoms with van der Waals surface area (Å²) in [5, 5.41) is 0.652. The summed E-state index contributed by atoms with van der Waals surface area (Å²) < 4.78 is 7.22. The van der Waals surface area contributed by atoms with Crippen LogP contribution in [0.25, 0.3) is 0 Å². The third-order valence-corrected chi connectivity index (χ3v) is 4.93. The van der Waals surface area contributed by atoms with Crippen molar-refractivity contribution in [3.8, 4) is 0 Å². The molecule has 23 heavy (non-hydrogen) atoms. The number of rotatable bonds is 4. The second kappa shape index (κ2) is 7.61. The van der Waals surface area contributed by atoms with Crippen molar-refractivity contribution in [2.24, 2.45) is 7.05 Å². The highest BCUT2D eigenvalue weighted by molar-refractivity contribution is 6.29. The van der Waals surface area contributed by atoms with Crippen molar-refractivity contribution in [3.05, 3.63) is 17.2 Å². The molecule has 7 nitrogen and oxygen atoms in total. The van der Waals surface area contributed by atoms with Gasteiger partial charge in [0.15, 0.2) is 0 Å². The maximum atomic E-state index is 12.4. The number of halogens is 1. The summed E-state index contributed by atoms with van der Waals surface area (Å²) in [5.41, 5.74) is 0. The van der Waals surface area contributed by atoms with Gasteiger partial charge in [0.2, 0.25) is 5.91 Å². The van der Waals surface area contributed by atoms with Gasteiger partial charge in [-0.05, 0) is 0 Å². The summed E-state index contributed by atoms with van der Waals surface area (Å²) in [6.45, 7) is 7.76. The van der Waals surface area contributed by atoms with Crippen molar-refractivity contribution in [1.29, 1.82) is 0 Å². The largest absolute Gasteiger partial charge is 0.379 e. The lowest BCUT2D eigenvalue weighted by Crippen LogP contribution is -2.52. The fraction of sp³-hybridized carbons (Fsp3) is 0.733. The van der Waals surface area contributed by atoms with E-state index in [1.165, 1.54) is 0 Å².